The van der Waals surface area contributed by atoms with Gasteiger partial charge in [0.1, 0.15) is 0 Å². The smallest absolute Gasteiger partial charge is 0.0702 e. The maximum absolute atomic E-state index is 8.31. The minimum Gasteiger partial charge on any atom is -0.256 e. The van der Waals surface area contributed by atoms with Crippen LogP contribution in [0.1, 0.15) is 13.9 Å². The Morgan fingerprint density at radius 3 is 2.05 bits per heavy atom. The first-order valence-electron chi connectivity index (χ1n) is 7.25. The molecule has 1 nitrogen and oxygen atoms in total. The van der Waals surface area contributed by atoms with Gasteiger partial charge in [-0.05, 0) is 23.6 Å². The fraction of sp³-hybridized carbons (Fsp3) is 0.0556. The molecule has 0 bridgehead atoms. The molecule has 3 aromatic rings. The average molecular weight is 247 g/mol. The fourth-order valence-corrected chi connectivity index (χ4v) is 1.94. The van der Waals surface area contributed by atoms with Gasteiger partial charge in [0, 0.05) is 14.5 Å². The monoisotopic (exact) mass is 247 g/mol. The highest BCUT2D eigenvalue weighted by molar-refractivity contribution is 5.58. The van der Waals surface area contributed by atoms with E-state index >= 15 is 0 Å². The van der Waals surface area contributed by atoms with Crippen LogP contribution < -0.4 is 0 Å². The van der Waals surface area contributed by atoms with Gasteiger partial charge in [0.25, 0.3) is 0 Å². The average Bonchev–Trinajstić information content (AvgIpc) is 2.57. The zero-order valence-electron chi connectivity index (χ0n) is 12.5. The molecule has 3 rings (SSSR count). The Hall–Kier alpha value is -2.41. The van der Waals surface area contributed by atoms with Crippen LogP contribution in [-0.2, 0) is 6.37 Å². The third-order valence-corrected chi connectivity index (χ3v) is 2.90. The van der Waals surface area contributed by atoms with Crippen LogP contribution >= 0.6 is 0 Å². The maximum Gasteiger partial charge on any atom is 0.0702 e. The quantitative estimate of drug-likeness (QED) is 0.671. The van der Waals surface area contributed by atoms with Crippen molar-refractivity contribution in [2.45, 2.75) is 6.37 Å². The van der Waals surface area contributed by atoms with Gasteiger partial charge in [-0.15, -0.1) is 0 Å². The summed E-state index contributed by atoms with van der Waals surface area (Å²) in [6.07, 6.45) is 0.0822. The van der Waals surface area contributed by atoms with E-state index in [9.17, 15) is 0 Å². The number of aromatic nitrogens is 1. The summed E-state index contributed by atoms with van der Waals surface area (Å²) in [5, 5.41) is 0. The maximum atomic E-state index is 8.31. The second-order valence-corrected chi connectivity index (χ2v) is 4.29. The zero-order valence-corrected chi connectivity index (χ0v) is 10.5. The second kappa shape index (κ2) is 5.49. The molecule has 0 spiro atoms. The predicted octanol–water partition coefficient (Wildman–Crippen LogP) is 4.34. The van der Waals surface area contributed by atoms with Gasteiger partial charge in [-0.3, -0.25) is 4.98 Å². The molecular formula is C18H15N. The molecule has 0 saturated heterocycles. The van der Waals surface area contributed by atoms with Crippen molar-refractivity contribution in [1.29, 1.82) is 0 Å². The number of pyridine rings is 1. The lowest BCUT2D eigenvalue weighted by Crippen LogP contribution is -1.90. The Bertz CT molecular complexity index is 707. The number of benzene rings is 2. The predicted molar refractivity (Wildman–Crippen MR) is 78.9 cm³/mol. The first-order chi connectivity index (χ1) is 10.2. The number of hydrogen-bond acceptors (Lipinski definition) is 1. The normalized spacial score (nSPS) is 12.6. The van der Waals surface area contributed by atoms with Gasteiger partial charge >= 0.3 is 0 Å². The van der Waals surface area contributed by atoms with Crippen molar-refractivity contribution in [3.63, 3.8) is 0 Å². The number of nitrogens with zero attached hydrogens (tertiary/aromatic N) is 1. The summed E-state index contributed by atoms with van der Waals surface area (Å²) in [7, 11) is 0. The molecule has 0 amide bonds. The summed E-state index contributed by atoms with van der Waals surface area (Å²) >= 11 is 0. The van der Waals surface area contributed by atoms with Gasteiger partial charge in [-0.25, -0.2) is 0 Å². The van der Waals surface area contributed by atoms with Gasteiger partial charge < -0.3 is 0 Å². The van der Waals surface area contributed by atoms with Gasteiger partial charge in [-0.1, -0.05) is 66.7 Å². The van der Waals surface area contributed by atoms with E-state index in [0.29, 0.717) is 11.1 Å². The van der Waals surface area contributed by atoms with Crippen molar-refractivity contribution in [2.75, 3.05) is 0 Å². The molecule has 1 aromatic heterocycles. The van der Waals surface area contributed by atoms with Gasteiger partial charge in [-0.2, -0.15) is 0 Å². The highest BCUT2D eigenvalue weighted by atomic mass is 14.7. The van der Waals surface area contributed by atoms with Crippen molar-refractivity contribution < 1.29 is 2.74 Å². The van der Waals surface area contributed by atoms with Crippen LogP contribution in [0.15, 0.2) is 79.0 Å². The van der Waals surface area contributed by atoms with E-state index in [4.69, 9.17) is 2.74 Å². The van der Waals surface area contributed by atoms with Crippen LogP contribution in [0.3, 0.4) is 0 Å². The standard InChI is InChI=1S/C18H15N/c1-3-7-15(8-4-1)13-16-11-12-18(19-14-16)17-9-5-2-6-10-17/h1-12,14H,13H2/i13D2. The topological polar surface area (TPSA) is 12.9 Å². The molecule has 0 N–H and O–H groups in total. The summed E-state index contributed by atoms with van der Waals surface area (Å²) in [5.74, 6) is 0. The van der Waals surface area contributed by atoms with Crippen LogP contribution in [0, 0.1) is 0 Å². The number of rotatable bonds is 3. The minimum absolute atomic E-state index is 0.563. The molecule has 0 fully saturated rings. The summed E-state index contributed by atoms with van der Waals surface area (Å²) in [5.41, 5.74) is 3.08. The van der Waals surface area contributed by atoms with E-state index in [-0.39, 0.29) is 0 Å². The summed E-state index contributed by atoms with van der Waals surface area (Å²) in [6, 6.07) is 22.7. The van der Waals surface area contributed by atoms with Gasteiger partial charge in [0.05, 0.1) is 5.69 Å². The number of hydrogen-bond donors (Lipinski definition) is 0. The molecule has 0 atom stereocenters. The Balaban J connectivity index is 1.94. The molecule has 0 aliphatic heterocycles. The lowest BCUT2D eigenvalue weighted by atomic mass is 10.1. The SMILES string of the molecule is [2H]C([2H])(c1ccccc1)c1ccc(-c2ccccc2)nc1. The van der Waals surface area contributed by atoms with E-state index < -0.39 is 6.37 Å². The molecular weight excluding hydrogens is 230 g/mol. The Morgan fingerprint density at radius 1 is 0.737 bits per heavy atom. The third-order valence-electron chi connectivity index (χ3n) is 2.90. The molecule has 1 heterocycles. The van der Waals surface area contributed by atoms with Crippen LogP contribution in [0.4, 0.5) is 0 Å². The van der Waals surface area contributed by atoms with Crippen LogP contribution in [0.2, 0.25) is 0 Å². The molecule has 1 heteroatoms. The largest absolute Gasteiger partial charge is 0.256 e. The minimum atomic E-state index is -1.54. The molecule has 0 unspecified atom stereocenters. The van der Waals surface area contributed by atoms with Gasteiger partial charge in [0.15, 0.2) is 0 Å². The van der Waals surface area contributed by atoms with Crippen molar-refractivity contribution in [2.24, 2.45) is 0 Å². The van der Waals surface area contributed by atoms with Crippen molar-refractivity contribution in [1.82, 2.24) is 4.98 Å². The van der Waals surface area contributed by atoms with E-state index in [1.807, 2.05) is 60.7 Å². The molecule has 0 aliphatic rings. The lowest BCUT2D eigenvalue weighted by Gasteiger charge is -2.04. The van der Waals surface area contributed by atoms with E-state index in [1.165, 1.54) is 0 Å². The van der Waals surface area contributed by atoms with E-state index in [2.05, 4.69) is 4.98 Å². The summed E-state index contributed by atoms with van der Waals surface area (Å²) < 4.78 is 16.6. The molecule has 0 radical (unpaired) electrons. The van der Waals surface area contributed by atoms with Crippen molar-refractivity contribution >= 4 is 0 Å². The summed E-state index contributed by atoms with van der Waals surface area (Å²) in [6.45, 7) is 0. The lowest BCUT2D eigenvalue weighted by molar-refractivity contribution is 1.15. The van der Waals surface area contributed by atoms with Crippen molar-refractivity contribution in [3.8, 4) is 11.3 Å². The van der Waals surface area contributed by atoms with Crippen molar-refractivity contribution in [3.05, 3.63) is 90.1 Å². The Labute approximate surface area is 116 Å². The Morgan fingerprint density at radius 2 is 1.42 bits per heavy atom. The fourth-order valence-electron chi connectivity index (χ4n) is 1.94. The second-order valence-electron chi connectivity index (χ2n) is 4.29. The highest BCUT2D eigenvalue weighted by Crippen LogP contribution is 2.17. The van der Waals surface area contributed by atoms with Gasteiger partial charge in [0.2, 0.25) is 0 Å². The first kappa shape index (κ1) is 9.51. The van der Waals surface area contributed by atoms with Crippen LogP contribution in [0.5, 0.6) is 0 Å². The Kier molecular flexibility index (Phi) is 2.75. The molecule has 19 heavy (non-hydrogen) atoms. The highest BCUT2D eigenvalue weighted by Gasteiger charge is 2.00. The van der Waals surface area contributed by atoms with Crippen LogP contribution in [0.25, 0.3) is 11.3 Å². The molecule has 0 aliphatic carbocycles. The van der Waals surface area contributed by atoms with E-state index in [1.54, 1.807) is 18.3 Å². The van der Waals surface area contributed by atoms with Crippen LogP contribution in [-0.4, -0.2) is 4.98 Å². The third kappa shape index (κ3) is 2.89. The molecule has 0 saturated carbocycles. The molecule has 92 valence electrons. The van der Waals surface area contributed by atoms with E-state index in [0.717, 1.165) is 11.3 Å². The zero-order chi connectivity index (χ0) is 14.7. The molecule has 2 aromatic carbocycles. The first-order valence-corrected chi connectivity index (χ1v) is 6.25. The summed E-state index contributed by atoms with van der Waals surface area (Å²) in [4.78, 5) is 4.40.